The van der Waals surface area contributed by atoms with Crippen LogP contribution in [0.2, 0.25) is 0 Å². The van der Waals surface area contributed by atoms with E-state index in [1.807, 2.05) is 12.1 Å². The van der Waals surface area contributed by atoms with Crippen LogP contribution < -0.4 is 14.2 Å². The normalized spacial score (nSPS) is 26.8. The van der Waals surface area contributed by atoms with Crippen LogP contribution in [0.25, 0.3) is 0 Å². The molecule has 2 heterocycles. The fourth-order valence-corrected chi connectivity index (χ4v) is 5.01. The summed E-state index contributed by atoms with van der Waals surface area (Å²) in [6, 6.07) is 8.42. The second-order valence-electron chi connectivity index (χ2n) is 8.01. The number of methoxy groups -OCH3 is 3. The number of benzene rings is 1. The van der Waals surface area contributed by atoms with Crippen molar-refractivity contribution in [1.82, 2.24) is 14.9 Å². The lowest BCUT2D eigenvalue weighted by atomic mass is 9.68. The molecule has 0 radical (unpaired) electrons. The molecule has 29 heavy (non-hydrogen) atoms. The van der Waals surface area contributed by atoms with Crippen LogP contribution in [0.5, 0.6) is 17.6 Å². The van der Waals surface area contributed by atoms with E-state index in [4.69, 9.17) is 14.2 Å². The molecular weight excluding hydrogens is 370 g/mol. The van der Waals surface area contributed by atoms with Gasteiger partial charge >= 0.3 is 6.01 Å². The molecule has 7 heteroatoms. The Morgan fingerprint density at radius 3 is 2.79 bits per heavy atom. The van der Waals surface area contributed by atoms with Gasteiger partial charge in [-0.15, -0.1) is 0 Å². The van der Waals surface area contributed by atoms with Gasteiger partial charge in [-0.25, -0.2) is 4.98 Å². The molecule has 2 aliphatic rings. The van der Waals surface area contributed by atoms with Gasteiger partial charge in [0.15, 0.2) is 0 Å². The number of ether oxygens (including phenoxy) is 3. The predicted octanol–water partition coefficient (Wildman–Crippen LogP) is 2.62. The Morgan fingerprint density at radius 2 is 2.03 bits per heavy atom. The Hall–Kier alpha value is -2.38. The fourth-order valence-electron chi connectivity index (χ4n) is 5.01. The average Bonchev–Trinajstić information content (AvgIpc) is 3.17. The molecule has 156 valence electrons. The second kappa shape index (κ2) is 8.16. The van der Waals surface area contributed by atoms with Gasteiger partial charge in [-0.2, -0.15) is 4.98 Å². The number of aromatic nitrogens is 2. The summed E-state index contributed by atoms with van der Waals surface area (Å²) in [6.45, 7) is 2.65. The van der Waals surface area contributed by atoms with Crippen LogP contribution in [0.1, 0.15) is 30.4 Å². The lowest BCUT2D eigenvalue weighted by Gasteiger charge is -2.41. The van der Waals surface area contributed by atoms with Gasteiger partial charge in [0.1, 0.15) is 11.4 Å². The van der Waals surface area contributed by atoms with Crippen LogP contribution >= 0.6 is 0 Å². The van der Waals surface area contributed by atoms with Crippen LogP contribution in [0, 0.1) is 11.8 Å². The molecule has 1 saturated heterocycles. The molecule has 1 aromatic heterocycles. The van der Waals surface area contributed by atoms with Gasteiger partial charge in [-0.05, 0) is 42.9 Å². The van der Waals surface area contributed by atoms with E-state index in [-0.39, 0.29) is 11.9 Å². The van der Waals surface area contributed by atoms with Gasteiger partial charge < -0.3 is 19.3 Å². The number of nitrogens with zero attached hydrogens (tertiary/aromatic N) is 3. The van der Waals surface area contributed by atoms with Crippen molar-refractivity contribution in [3.63, 3.8) is 0 Å². The van der Waals surface area contributed by atoms with Crippen molar-refractivity contribution in [3.8, 4) is 17.6 Å². The lowest BCUT2D eigenvalue weighted by Crippen LogP contribution is -2.43. The van der Waals surface area contributed by atoms with Gasteiger partial charge in [-0.1, -0.05) is 12.1 Å². The van der Waals surface area contributed by atoms with E-state index in [1.165, 1.54) is 12.7 Å². The van der Waals surface area contributed by atoms with Crippen LogP contribution in [0.4, 0.5) is 0 Å². The second-order valence-corrected chi connectivity index (χ2v) is 8.01. The van der Waals surface area contributed by atoms with E-state index in [2.05, 4.69) is 27.0 Å². The van der Waals surface area contributed by atoms with Crippen LogP contribution in [0.15, 0.2) is 30.5 Å². The molecule has 1 aliphatic heterocycles. The van der Waals surface area contributed by atoms with E-state index in [9.17, 15) is 5.11 Å². The predicted molar refractivity (Wildman–Crippen MR) is 108 cm³/mol. The topological polar surface area (TPSA) is 76.9 Å². The first-order valence-corrected chi connectivity index (χ1v) is 10.1. The monoisotopic (exact) mass is 399 g/mol. The van der Waals surface area contributed by atoms with Crippen molar-refractivity contribution < 1.29 is 19.3 Å². The number of fused-ring (bicyclic) bond motifs is 1. The Kier molecular flexibility index (Phi) is 5.61. The zero-order valence-electron chi connectivity index (χ0n) is 17.3. The molecule has 1 N–H and O–H groups in total. The SMILES string of the molecule is COc1cccc(CN2C[C@@H]3CCC[C@](O)(c4cnc(OC)nc4OC)[C@H]3C2)c1. The molecule has 2 aromatic rings. The molecule has 1 aliphatic carbocycles. The van der Waals surface area contributed by atoms with E-state index >= 15 is 0 Å². The summed E-state index contributed by atoms with van der Waals surface area (Å²) < 4.78 is 16.0. The molecule has 4 rings (SSSR count). The highest BCUT2D eigenvalue weighted by molar-refractivity contribution is 5.34. The van der Waals surface area contributed by atoms with E-state index in [1.54, 1.807) is 20.4 Å². The lowest BCUT2D eigenvalue weighted by molar-refractivity contribution is -0.0669. The van der Waals surface area contributed by atoms with Crippen molar-refractivity contribution in [2.75, 3.05) is 34.4 Å². The summed E-state index contributed by atoms with van der Waals surface area (Å²) in [6.07, 6.45) is 4.45. The Balaban J connectivity index is 1.58. The molecule has 1 saturated carbocycles. The highest BCUT2D eigenvalue weighted by Gasteiger charge is 2.51. The molecule has 0 amide bonds. The number of hydrogen-bond donors (Lipinski definition) is 1. The van der Waals surface area contributed by atoms with Crippen LogP contribution in [0.3, 0.4) is 0 Å². The molecule has 7 nitrogen and oxygen atoms in total. The van der Waals surface area contributed by atoms with Gasteiger partial charge in [0.25, 0.3) is 0 Å². The summed E-state index contributed by atoms with van der Waals surface area (Å²) in [7, 11) is 4.78. The highest BCUT2D eigenvalue weighted by atomic mass is 16.5. The van der Waals surface area contributed by atoms with Crippen molar-refractivity contribution in [2.45, 2.75) is 31.4 Å². The van der Waals surface area contributed by atoms with Crippen molar-refractivity contribution in [2.24, 2.45) is 11.8 Å². The number of aliphatic hydroxyl groups is 1. The summed E-state index contributed by atoms with van der Waals surface area (Å²) in [5.74, 6) is 1.82. The van der Waals surface area contributed by atoms with Crippen LogP contribution in [-0.2, 0) is 12.1 Å². The Bertz CT molecular complexity index is 862. The number of likely N-dealkylation sites (tertiary alicyclic amines) is 1. The summed E-state index contributed by atoms with van der Waals surface area (Å²) in [4.78, 5) is 11.0. The van der Waals surface area contributed by atoms with E-state index < -0.39 is 5.60 Å². The first kappa shape index (κ1) is 19.9. The summed E-state index contributed by atoms with van der Waals surface area (Å²) >= 11 is 0. The zero-order chi connectivity index (χ0) is 20.4. The first-order valence-electron chi connectivity index (χ1n) is 10.1. The minimum atomic E-state index is -0.996. The van der Waals surface area contributed by atoms with E-state index in [0.29, 0.717) is 23.8 Å². The van der Waals surface area contributed by atoms with Gasteiger partial charge in [-0.3, -0.25) is 4.90 Å². The van der Waals surface area contributed by atoms with Crippen LogP contribution in [-0.4, -0.2) is 54.4 Å². The Morgan fingerprint density at radius 1 is 1.17 bits per heavy atom. The van der Waals surface area contributed by atoms with E-state index in [0.717, 1.165) is 38.2 Å². The molecule has 2 fully saturated rings. The third-order valence-electron chi connectivity index (χ3n) is 6.38. The maximum absolute atomic E-state index is 11.8. The van der Waals surface area contributed by atoms with Gasteiger partial charge in [0.2, 0.25) is 5.88 Å². The third kappa shape index (κ3) is 3.76. The first-order chi connectivity index (χ1) is 14.1. The summed E-state index contributed by atoms with van der Waals surface area (Å²) in [5, 5.41) is 11.8. The van der Waals surface area contributed by atoms with Crippen molar-refractivity contribution in [3.05, 3.63) is 41.6 Å². The average molecular weight is 399 g/mol. The number of rotatable bonds is 6. The minimum absolute atomic E-state index is 0.118. The fraction of sp³-hybridized carbons (Fsp3) is 0.545. The van der Waals surface area contributed by atoms with Crippen molar-refractivity contribution >= 4 is 0 Å². The Labute approximate surface area is 171 Å². The quantitative estimate of drug-likeness (QED) is 0.800. The molecule has 0 spiro atoms. The largest absolute Gasteiger partial charge is 0.497 e. The van der Waals surface area contributed by atoms with Gasteiger partial charge in [0.05, 0.1) is 26.9 Å². The summed E-state index contributed by atoms with van der Waals surface area (Å²) in [5.41, 5.74) is 0.888. The third-order valence-corrected chi connectivity index (χ3v) is 6.38. The minimum Gasteiger partial charge on any atom is -0.497 e. The molecule has 0 bridgehead atoms. The molecular formula is C22H29N3O4. The van der Waals surface area contributed by atoms with Gasteiger partial charge in [0, 0.05) is 31.7 Å². The molecule has 1 aromatic carbocycles. The molecule has 0 unspecified atom stereocenters. The highest BCUT2D eigenvalue weighted by Crippen LogP contribution is 2.50. The maximum atomic E-state index is 11.8. The maximum Gasteiger partial charge on any atom is 0.319 e. The number of hydrogen-bond acceptors (Lipinski definition) is 7. The molecule has 3 atom stereocenters. The zero-order valence-corrected chi connectivity index (χ0v) is 17.3. The smallest absolute Gasteiger partial charge is 0.319 e. The van der Waals surface area contributed by atoms with Crippen molar-refractivity contribution in [1.29, 1.82) is 0 Å². The standard InChI is InChI=1S/C22H29N3O4/c1-27-17-8-4-6-15(10-17)12-25-13-16-7-5-9-22(26,19(16)14-25)18-11-23-21(29-3)24-20(18)28-2/h4,6,8,10-11,16,19,26H,5,7,9,12-14H2,1-3H3/t16-,19-,22-/m0/s1.